The number of fused-ring (bicyclic) bond motifs is 1. The van der Waals surface area contributed by atoms with E-state index in [0.29, 0.717) is 0 Å². The molecule has 0 atom stereocenters. The van der Waals surface area contributed by atoms with Crippen LogP contribution in [0.5, 0.6) is 0 Å². The molecule has 1 aromatic heterocycles. The van der Waals surface area contributed by atoms with Crippen molar-refractivity contribution in [3.63, 3.8) is 0 Å². The van der Waals surface area contributed by atoms with Crippen LogP contribution in [0.1, 0.15) is 51.0 Å². The molecule has 2 radical (unpaired) electrons. The highest BCUT2D eigenvalue weighted by atomic mass is 15.4. The first-order chi connectivity index (χ1) is 11.8. The van der Waals surface area contributed by atoms with Crippen LogP contribution in [-0.2, 0) is 0 Å². The summed E-state index contributed by atoms with van der Waals surface area (Å²) >= 11 is 0. The van der Waals surface area contributed by atoms with E-state index in [1.165, 1.54) is 55.5 Å². The summed E-state index contributed by atoms with van der Waals surface area (Å²) in [7, 11) is 0. The van der Waals surface area contributed by atoms with Gasteiger partial charge in [-0.2, -0.15) is 0 Å². The standard InChI is InChI=1S/C21H27N3/c1-3-4-5-6-7-10-15-23-17-24(20-12-9-8-11-19(20)23)21-16-18(2)13-14-22-21/h8-9,11-14,16H,3-7,10,15H2,1-2H3. The summed E-state index contributed by atoms with van der Waals surface area (Å²) in [5.41, 5.74) is 3.62. The molecule has 1 aromatic carbocycles. The Kier molecular flexibility index (Phi) is 5.73. The van der Waals surface area contributed by atoms with Gasteiger partial charge in [0.25, 0.3) is 0 Å². The van der Waals surface area contributed by atoms with Gasteiger partial charge >= 0.3 is 0 Å². The van der Waals surface area contributed by atoms with Crippen molar-refractivity contribution in [2.75, 3.05) is 16.3 Å². The molecule has 1 aliphatic rings. The number of anilines is 3. The number of aryl methyl sites for hydroxylation is 1. The number of benzene rings is 1. The summed E-state index contributed by atoms with van der Waals surface area (Å²) in [5.74, 6) is 0.938. The average molecular weight is 321 g/mol. The molecule has 3 nitrogen and oxygen atoms in total. The fourth-order valence-corrected chi connectivity index (χ4v) is 3.15. The molecule has 0 N–H and O–H groups in total. The number of aromatic nitrogens is 1. The lowest BCUT2D eigenvalue weighted by molar-refractivity contribution is 0.607. The lowest BCUT2D eigenvalue weighted by atomic mass is 10.1. The van der Waals surface area contributed by atoms with Crippen molar-refractivity contribution < 1.29 is 0 Å². The van der Waals surface area contributed by atoms with Gasteiger partial charge in [0.15, 0.2) is 0 Å². The maximum Gasteiger partial charge on any atom is 0.215 e. The Bertz CT molecular complexity index is 653. The smallest absolute Gasteiger partial charge is 0.215 e. The predicted octanol–water partition coefficient (Wildman–Crippen LogP) is 5.70. The number of rotatable bonds is 8. The molecule has 0 spiro atoms. The zero-order valence-corrected chi connectivity index (χ0v) is 14.8. The third-order valence-electron chi connectivity index (χ3n) is 4.50. The van der Waals surface area contributed by atoms with Crippen LogP contribution in [0, 0.1) is 13.6 Å². The summed E-state index contributed by atoms with van der Waals surface area (Å²) < 4.78 is 0. The van der Waals surface area contributed by atoms with Crippen molar-refractivity contribution in [1.29, 1.82) is 0 Å². The first-order valence-electron chi connectivity index (χ1n) is 9.15. The van der Waals surface area contributed by atoms with E-state index in [1.807, 2.05) is 12.3 Å². The minimum absolute atomic E-state index is 0.938. The van der Waals surface area contributed by atoms with Crippen LogP contribution in [0.4, 0.5) is 17.2 Å². The highest BCUT2D eigenvalue weighted by Crippen LogP contribution is 2.41. The molecule has 0 aliphatic carbocycles. The van der Waals surface area contributed by atoms with Gasteiger partial charge in [0.05, 0.1) is 11.4 Å². The van der Waals surface area contributed by atoms with Crippen LogP contribution in [0.25, 0.3) is 0 Å². The topological polar surface area (TPSA) is 19.4 Å². The lowest BCUT2D eigenvalue weighted by Crippen LogP contribution is -2.23. The third kappa shape index (κ3) is 3.89. The van der Waals surface area contributed by atoms with Crippen molar-refractivity contribution in [2.24, 2.45) is 0 Å². The Hall–Kier alpha value is -2.03. The molecule has 0 saturated heterocycles. The molecule has 0 amide bonds. The van der Waals surface area contributed by atoms with Crippen LogP contribution >= 0.6 is 0 Å². The van der Waals surface area contributed by atoms with Gasteiger partial charge in [0, 0.05) is 12.7 Å². The fourth-order valence-electron chi connectivity index (χ4n) is 3.15. The largest absolute Gasteiger partial charge is 0.339 e. The number of pyridine rings is 1. The van der Waals surface area contributed by atoms with E-state index in [1.54, 1.807) is 0 Å². The third-order valence-corrected chi connectivity index (χ3v) is 4.50. The molecule has 0 unspecified atom stereocenters. The molecule has 3 rings (SSSR count). The summed E-state index contributed by atoms with van der Waals surface area (Å²) in [4.78, 5) is 8.85. The number of nitrogens with zero attached hydrogens (tertiary/aromatic N) is 3. The van der Waals surface area contributed by atoms with Crippen LogP contribution in [0.15, 0.2) is 42.6 Å². The van der Waals surface area contributed by atoms with Crippen LogP contribution in [0.2, 0.25) is 0 Å². The summed E-state index contributed by atoms with van der Waals surface area (Å²) in [6.45, 7) is 8.89. The molecule has 3 heteroatoms. The molecular weight excluding hydrogens is 294 g/mol. The molecule has 2 heterocycles. The Balaban J connectivity index is 1.65. The maximum absolute atomic E-state index is 4.52. The SMILES string of the molecule is CCCCCCCCN1[C]N(c2cc(C)ccn2)c2ccccc21. The molecule has 0 fully saturated rings. The zero-order valence-electron chi connectivity index (χ0n) is 14.8. The number of unbranched alkanes of at least 4 members (excludes halogenated alkanes) is 5. The number of hydrogen-bond acceptors (Lipinski definition) is 3. The van der Waals surface area contributed by atoms with Gasteiger partial charge in [0.2, 0.25) is 6.67 Å². The summed E-state index contributed by atoms with van der Waals surface area (Å²) in [5, 5.41) is 0. The monoisotopic (exact) mass is 321 g/mol. The molecule has 2 aromatic rings. The van der Waals surface area contributed by atoms with E-state index >= 15 is 0 Å². The highest BCUT2D eigenvalue weighted by Gasteiger charge is 2.28. The molecular formula is C21H27N3. The van der Waals surface area contributed by atoms with Crippen LogP contribution in [-0.4, -0.2) is 11.5 Å². The Labute approximate surface area is 146 Å². The van der Waals surface area contributed by atoms with Gasteiger partial charge in [-0.15, -0.1) is 0 Å². The molecule has 126 valence electrons. The van der Waals surface area contributed by atoms with Crippen molar-refractivity contribution in [1.82, 2.24) is 4.98 Å². The Morgan fingerprint density at radius 1 is 0.958 bits per heavy atom. The van der Waals surface area contributed by atoms with Crippen molar-refractivity contribution in [3.05, 3.63) is 54.8 Å². The second kappa shape index (κ2) is 8.18. The minimum atomic E-state index is 0.938. The second-order valence-electron chi connectivity index (χ2n) is 6.53. The lowest BCUT2D eigenvalue weighted by Gasteiger charge is -2.19. The van der Waals surface area contributed by atoms with Crippen molar-refractivity contribution >= 4 is 17.2 Å². The highest BCUT2D eigenvalue weighted by molar-refractivity contribution is 5.83. The molecule has 0 saturated carbocycles. The predicted molar refractivity (Wildman–Crippen MR) is 102 cm³/mol. The van der Waals surface area contributed by atoms with Gasteiger partial charge in [-0.25, -0.2) is 4.98 Å². The van der Waals surface area contributed by atoms with E-state index in [2.05, 4.69) is 65.6 Å². The van der Waals surface area contributed by atoms with Gasteiger partial charge in [0.1, 0.15) is 5.82 Å². The van der Waals surface area contributed by atoms with Crippen LogP contribution < -0.4 is 9.80 Å². The number of hydrogen-bond donors (Lipinski definition) is 0. The Morgan fingerprint density at radius 3 is 2.50 bits per heavy atom. The van der Waals surface area contributed by atoms with E-state index in [9.17, 15) is 0 Å². The van der Waals surface area contributed by atoms with E-state index in [0.717, 1.165) is 12.4 Å². The zero-order chi connectivity index (χ0) is 16.8. The van der Waals surface area contributed by atoms with Gasteiger partial charge in [-0.05, 0) is 43.2 Å². The van der Waals surface area contributed by atoms with Crippen LogP contribution in [0.3, 0.4) is 0 Å². The fraction of sp³-hybridized carbons (Fsp3) is 0.429. The number of para-hydroxylation sites is 2. The Morgan fingerprint density at radius 2 is 1.71 bits per heavy atom. The van der Waals surface area contributed by atoms with Gasteiger partial charge in [-0.1, -0.05) is 51.2 Å². The van der Waals surface area contributed by atoms with E-state index in [-0.39, 0.29) is 0 Å². The first kappa shape index (κ1) is 16.8. The quantitative estimate of drug-likeness (QED) is 0.581. The maximum atomic E-state index is 4.52. The van der Waals surface area contributed by atoms with Gasteiger partial charge < -0.3 is 4.90 Å². The minimum Gasteiger partial charge on any atom is -0.339 e. The average Bonchev–Trinajstić information content (AvgIpc) is 2.97. The second-order valence-corrected chi connectivity index (χ2v) is 6.53. The normalized spacial score (nSPS) is 13.4. The molecule has 0 bridgehead atoms. The molecule has 1 aliphatic heterocycles. The summed E-state index contributed by atoms with van der Waals surface area (Å²) in [6.07, 6.45) is 9.73. The van der Waals surface area contributed by atoms with E-state index in [4.69, 9.17) is 0 Å². The van der Waals surface area contributed by atoms with Crippen molar-refractivity contribution in [2.45, 2.75) is 52.4 Å². The first-order valence-corrected chi connectivity index (χ1v) is 9.15. The molecule has 24 heavy (non-hydrogen) atoms. The van der Waals surface area contributed by atoms with E-state index < -0.39 is 0 Å². The van der Waals surface area contributed by atoms with Crippen molar-refractivity contribution in [3.8, 4) is 0 Å². The summed E-state index contributed by atoms with van der Waals surface area (Å²) in [6, 6.07) is 12.6. The van der Waals surface area contributed by atoms with Gasteiger partial charge in [-0.3, -0.25) is 4.90 Å².